The van der Waals surface area contributed by atoms with Crippen LogP contribution in [-0.2, 0) is 14.8 Å². The number of carbonyl (C=O) groups excluding carboxylic acids is 1. The Bertz CT molecular complexity index is 912. The Balaban J connectivity index is 2.13. The number of hydrogen-bond donors (Lipinski definition) is 2. The van der Waals surface area contributed by atoms with Gasteiger partial charge < -0.3 is 10.6 Å². The molecule has 0 heterocycles. The van der Waals surface area contributed by atoms with Crippen molar-refractivity contribution in [1.29, 1.82) is 0 Å². The summed E-state index contributed by atoms with van der Waals surface area (Å²) in [6, 6.07) is 12.0. The zero-order valence-electron chi connectivity index (χ0n) is 15.6. The van der Waals surface area contributed by atoms with Crippen molar-refractivity contribution in [1.82, 2.24) is 4.31 Å². The van der Waals surface area contributed by atoms with E-state index in [1.54, 1.807) is 51.1 Å². The standard InChI is InChI=1S/C19H24ClN3O3S/c1-4-23(5-2)27(25,26)18-12-15(11-10-14(18)3)22-19(24)13-21-17-9-7-6-8-16(17)20/h6-12,21H,4-5,13H2,1-3H3,(H,22,24). The average molecular weight is 410 g/mol. The molecule has 0 unspecified atom stereocenters. The number of rotatable bonds is 8. The van der Waals surface area contributed by atoms with Crippen LogP contribution in [0.2, 0.25) is 5.02 Å². The second-order valence-corrected chi connectivity index (χ2v) is 8.26. The van der Waals surface area contributed by atoms with E-state index in [0.29, 0.717) is 35.1 Å². The Morgan fingerprint density at radius 1 is 1.11 bits per heavy atom. The number of aryl methyl sites for hydroxylation is 1. The molecule has 2 aromatic rings. The summed E-state index contributed by atoms with van der Waals surface area (Å²) in [4.78, 5) is 12.4. The van der Waals surface area contributed by atoms with Crippen LogP contribution < -0.4 is 10.6 Å². The van der Waals surface area contributed by atoms with Crippen molar-refractivity contribution in [2.24, 2.45) is 0 Å². The maximum Gasteiger partial charge on any atom is 0.243 e. The van der Waals surface area contributed by atoms with Crippen molar-refractivity contribution in [3.63, 3.8) is 0 Å². The van der Waals surface area contributed by atoms with Gasteiger partial charge in [-0.3, -0.25) is 4.79 Å². The molecule has 146 valence electrons. The third-order valence-electron chi connectivity index (χ3n) is 4.11. The first-order chi connectivity index (χ1) is 12.8. The van der Waals surface area contributed by atoms with E-state index in [1.807, 2.05) is 6.07 Å². The van der Waals surface area contributed by atoms with E-state index in [0.717, 1.165) is 0 Å². The van der Waals surface area contributed by atoms with Crippen LogP contribution in [0.3, 0.4) is 0 Å². The minimum atomic E-state index is -3.60. The smallest absolute Gasteiger partial charge is 0.243 e. The Kier molecular flexibility index (Phi) is 7.24. The number of benzene rings is 2. The molecular formula is C19H24ClN3O3S. The van der Waals surface area contributed by atoms with Gasteiger partial charge in [0.15, 0.2) is 0 Å². The van der Waals surface area contributed by atoms with Crippen LogP contribution in [0.1, 0.15) is 19.4 Å². The Morgan fingerprint density at radius 3 is 2.41 bits per heavy atom. The van der Waals surface area contributed by atoms with Gasteiger partial charge in [0.25, 0.3) is 0 Å². The molecule has 0 saturated heterocycles. The van der Waals surface area contributed by atoms with Crippen LogP contribution in [0, 0.1) is 6.92 Å². The lowest BCUT2D eigenvalue weighted by Gasteiger charge is -2.20. The molecule has 0 spiro atoms. The quantitative estimate of drug-likeness (QED) is 0.696. The summed E-state index contributed by atoms with van der Waals surface area (Å²) >= 11 is 6.05. The fraction of sp³-hybridized carbons (Fsp3) is 0.316. The van der Waals surface area contributed by atoms with Crippen LogP contribution in [0.25, 0.3) is 0 Å². The highest BCUT2D eigenvalue weighted by Gasteiger charge is 2.24. The van der Waals surface area contributed by atoms with Gasteiger partial charge in [0.2, 0.25) is 15.9 Å². The third kappa shape index (κ3) is 5.22. The van der Waals surface area contributed by atoms with Gasteiger partial charge in [-0.25, -0.2) is 8.42 Å². The highest BCUT2D eigenvalue weighted by molar-refractivity contribution is 7.89. The van der Waals surface area contributed by atoms with Crippen LogP contribution in [0.5, 0.6) is 0 Å². The van der Waals surface area contributed by atoms with Gasteiger partial charge >= 0.3 is 0 Å². The van der Waals surface area contributed by atoms with E-state index in [2.05, 4.69) is 10.6 Å². The molecule has 0 saturated carbocycles. The van der Waals surface area contributed by atoms with Gasteiger partial charge in [0.1, 0.15) is 0 Å². The lowest BCUT2D eigenvalue weighted by atomic mass is 10.2. The van der Waals surface area contributed by atoms with Crippen molar-refractivity contribution in [3.05, 3.63) is 53.1 Å². The summed E-state index contributed by atoms with van der Waals surface area (Å²) in [5.41, 5.74) is 1.72. The van der Waals surface area contributed by atoms with Gasteiger partial charge in [-0.05, 0) is 36.8 Å². The second-order valence-electron chi connectivity index (χ2n) is 5.95. The molecule has 2 N–H and O–H groups in total. The van der Waals surface area contributed by atoms with E-state index in [1.165, 1.54) is 10.4 Å². The molecule has 0 atom stereocenters. The van der Waals surface area contributed by atoms with E-state index >= 15 is 0 Å². The monoisotopic (exact) mass is 409 g/mol. The summed E-state index contributed by atoms with van der Waals surface area (Å²) in [5.74, 6) is -0.301. The van der Waals surface area contributed by atoms with E-state index < -0.39 is 10.0 Å². The predicted octanol–water partition coefficient (Wildman–Crippen LogP) is 3.73. The molecular weight excluding hydrogens is 386 g/mol. The second kappa shape index (κ2) is 9.21. The molecule has 0 radical (unpaired) electrons. The van der Waals surface area contributed by atoms with Crippen molar-refractivity contribution >= 4 is 38.9 Å². The first kappa shape index (κ1) is 21.2. The number of nitrogens with one attached hydrogen (secondary N) is 2. The number of carbonyl (C=O) groups is 1. The highest BCUT2D eigenvalue weighted by atomic mass is 35.5. The van der Waals surface area contributed by atoms with Crippen LogP contribution >= 0.6 is 11.6 Å². The van der Waals surface area contributed by atoms with Crippen LogP contribution in [0.4, 0.5) is 11.4 Å². The minimum Gasteiger partial charge on any atom is -0.375 e. The Hall–Kier alpha value is -2.09. The fourth-order valence-electron chi connectivity index (χ4n) is 2.64. The van der Waals surface area contributed by atoms with E-state index in [4.69, 9.17) is 11.6 Å². The molecule has 8 heteroatoms. The summed E-state index contributed by atoms with van der Waals surface area (Å²) in [6.07, 6.45) is 0. The first-order valence-electron chi connectivity index (χ1n) is 8.68. The summed E-state index contributed by atoms with van der Waals surface area (Å²) in [7, 11) is -3.60. The number of halogens is 1. The topological polar surface area (TPSA) is 78.5 Å². The van der Waals surface area contributed by atoms with Crippen LogP contribution in [0.15, 0.2) is 47.4 Å². The molecule has 0 fully saturated rings. The largest absolute Gasteiger partial charge is 0.375 e. The third-order valence-corrected chi connectivity index (χ3v) is 6.63. The normalized spacial score (nSPS) is 11.4. The fourth-order valence-corrected chi connectivity index (χ4v) is 4.55. The van der Waals surface area contributed by atoms with Crippen molar-refractivity contribution in [2.45, 2.75) is 25.7 Å². The number of hydrogen-bond acceptors (Lipinski definition) is 4. The lowest BCUT2D eigenvalue weighted by Crippen LogP contribution is -2.31. The summed E-state index contributed by atoms with van der Waals surface area (Å²) < 4.78 is 27.0. The van der Waals surface area contributed by atoms with Crippen LogP contribution in [-0.4, -0.2) is 38.3 Å². The number of nitrogens with zero attached hydrogens (tertiary/aromatic N) is 1. The maximum atomic E-state index is 12.8. The molecule has 0 aromatic heterocycles. The number of anilines is 2. The number of amides is 1. The molecule has 0 aliphatic heterocycles. The minimum absolute atomic E-state index is 0.00966. The van der Waals surface area contributed by atoms with Gasteiger partial charge in [-0.1, -0.05) is 43.6 Å². The summed E-state index contributed by atoms with van der Waals surface area (Å²) in [5, 5.41) is 6.20. The van der Waals surface area contributed by atoms with E-state index in [-0.39, 0.29) is 17.3 Å². The molecule has 2 aromatic carbocycles. The van der Waals surface area contributed by atoms with Crippen molar-refractivity contribution < 1.29 is 13.2 Å². The first-order valence-corrected chi connectivity index (χ1v) is 10.5. The van der Waals surface area contributed by atoms with E-state index in [9.17, 15) is 13.2 Å². The maximum absolute atomic E-state index is 12.8. The predicted molar refractivity (Wildman–Crippen MR) is 110 cm³/mol. The molecule has 2 rings (SSSR count). The van der Waals surface area contributed by atoms with Crippen molar-refractivity contribution in [2.75, 3.05) is 30.3 Å². The van der Waals surface area contributed by atoms with Gasteiger partial charge in [0, 0.05) is 18.8 Å². The lowest BCUT2D eigenvalue weighted by molar-refractivity contribution is -0.114. The molecule has 0 aliphatic carbocycles. The van der Waals surface area contributed by atoms with Gasteiger partial charge in [-0.15, -0.1) is 0 Å². The Morgan fingerprint density at radius 2 is 1.78 bits per heavy atom. The van der Waals surface area contributed by atoms with Gasteiger partial charge in [0.05, 0.1) is 22.2 Å². The SMILES string of the molecule is CCN(CC)S(=O)(=O)c1cc(NC(=O)CNc2ccccc2Cl)ccc1C. The molecule has 6 nitrogen and oxygen atoms in total. The Labute approximate surface area is 165 Å². The highest BCUT2D eigenvalue weighted by Crippen LogP contribution is 2.24. The summed E-state index contributed by atoms with van der Waals surface area (Å²) in [6.45, 7) is 6.11. The molecule has 0 aliphatic rings. The number of sulfonamides is 1. The van der Waals surface area contributed by atoms with Gasteiger partial charge in [-0.2, -0.15) is 4.31 Å². The molecule has 0 bridgehead atoms. The number of para-hydroxylation sites is 1. The zero-order valence-corrected chi connectivity index (χ0v) is 17.2. The molecule has 27 heavy (non-hydrogen) atoms. The molecule has 1 amide bonds. The average Bonchev–Trinajstić information content (AvgIpc) is 2.63. The zero-order chi connectivity index (χ0) is 20.0. The van der Waals surface area contributed by atoms with Crippen molar-refractivity contribution in [3.8, 4) is 0 Å².